The van der Waals surface area contributed by atoms with Crippen LogP contribution < -0.4 is 21.5 Å². The maximum absolute atomic E-state index is 11.4. The van der Waals surface area contributed by atoms with Crippen LogP contribution in [0.2, 0.25) is 0 Å². The molecule has 0 saturated heterocycles. The van der Waals surface area contributed by atoms with Crippen molar-refractivity contribution in [2.75, 3.05) is 0 Å². The highest BCUT2D eigenvalue weighted by atomic mass is 79.9. The first-order valence-corrected chi connectivity index (χ1v) is 4.74. The van der Waals surface area contributed by atoms with Gasteiger partial charge in [0.05, 0.1) is 0 Å². The number of ketones is 1. The first kappa shape index (κ1) is 11.4. The van der Waals surface area contributed by atoms with Crippen LogP contribution in [-0.2, 0) is 11.3 Å². The summed E-state index contributed by atoms with van der Waals surface area (Å²) >= 11 is 0. The lowest BCUT2D eigenvalue weighted by Gasteiger charge is -1.95. The minimum absolute atomic E-state index is 0. The molecule has 0 radical (unpaired) electrons. The Balaban J connectivity index is 0.000000980. The summed E-state index contributed by atoms with van der Waals surface area (Å²) in [5.74, 6) is 0.752. The number of carbonyl (C=O) groups excluding carboxylic acids is 1. The third-order valence-corrected chi connectivity index (χ3v) is 2.43. The molecule has 1 aliphatic rings. The van der Waals surface area contributed by atoms with E-state index in [2.05, 4.69) is 0 Å². The van der Waals surface area contributed by atoms with Gasteiger partial charge in [-0.3, -0.25) is 4.79 Å². The molecule has 0 atom stereocenters. The van der Waals surface area contributed by atoms with E-state index in [1.807, 2.05) is 36.0 Å². The van der Waals surface area contributed by atoms with E-state index in [4.69, 9.17) is 0 Å². The lowest BCUT2D eigenvalue weighted by Crippen LogP contribution is -3.00. The Bertz CT molecular complexity index is 317. The van der Waals surface area contributed by atoms with Crippen molar-refractivity contribution >= 4 is 5.78 Å². The predicted molar refractivity (Wildman–Crippen MR) is 49.1 cm³/mol. The molecule has 76 valence electrons. The normalized spacial score (nSPS) is 14.6. The molecule has 1 saturated carbocycles. The van der Waals surface area contributed by atoms with Crippen molar-refractivity contribution in [2.45, 2.75) is 26.3 Å². The van der Waals surface area contributed by atoms with E-state index >= 15 is 0 Å². The summed E-state index contributed by atoms with van der Waals surface area (Å²) in [6.45, 7) is 2.60. The minimum Gasteiger partial charge on any atom is -1.00 e. The minimum atomic E-state index is 0. The Kier molecular flexibility index (Phi) is 3.81. The van der Waals surface area contributed by atoms with Crippen molar-refractivity contribution in [3.63, 3.8) is 0 Å². The first-order valence-electron chi connectivity index (χ1n) is 4.74. The summed E-state index contributed by atoms with van der Waals surface area (Å²) in [4.78, 5) is 11.4. The fourth-order valence-electron chi connectivity index (χ4n) is 1.35. The number of nitrogens with zero attached hydrogens (tertiary/aromatic N) is 1. The Morgan fingerprint density at radius 2 is 2.00 bits per heavy atom. The molecule has 2 rings (SSSR count). The van der Waals surface area contributed by atoms with Gasteiger partial charge < -0.3 is 17.0 Å². The Hall–Kier alpha value is -0.700. The fraction of sp³-hybridized carbons (Fsp3) is 0.455. The molecule has 14 heavy (non-hydrogen) atoms. The lowest BCUT2D eigenvalue weighted by molar-refractivity contribution is -0.684. The Morgan fingerprint density at radius 3 is 2.50 bits per heavy atom. The van der Waals surface area contributed by atoms with Crippen LogP contribution in [0.3, 0.4) is 0 Å². The number of halogens is 1. The van der Waals surface area contributed by atoms with Crippen LogP contribution >= 0.6 is 0 Å². The quantitative estimate of drug-likeness (QED) is 0.588. The molecule has 0 unspecified atom stereocenters. The highest BCUT2D eigenvalue weighted by Crippen LogP contribution is 2.29. The number of pyridine rings is 1. The first-order chi connectivity index (χ1) is 6.25. The van der Waals surface area contributed by atoms with Gasteiger partial charge >= 0.3 is 0 Å². The van der Waals surface area contributed by atoms with E-state index in [1.165, 1.54) is 5.56 Å². The van der Waals surface area contributed by atoms with Gasteiger partial charge in [-0.05, 0) is 25.3 Å². The molecule has 0 amide bonds. The number of aryl methyl sites for hydroxylation is 1. The Morgan fingerprint density at radius 1 is 1.43 bits per heavy atom. The number of carbonyl (C=O) groups is 1. The molecule has 0 aromatic carbocycles. The molecule has 0 aliphatic heterocycles. The summed E-state index contributed by atoms with van der Waals surface area (Å²) in [7, 11) is 0. The average Bonchev–Trinajstić information content (AvgIpc) is 2.91. The van der Waals surface area contributed by atoms with Crippen molar-refractivity contribution in [3.8, 4) is 0 Å². The highest BCUT2D eigenvalue weighted by molar-refractivity contribution is 5.81. The highest BCUT2D eigenvalue weighted by Gasteiger charge is 2.31. The number of Topliss-reactive ketones (excluding diaryl/α,β-unsaturated/α-hetero) is 1. The van der Waals surface area contributed by atoms with E-state index in [9.17, 15) is 4.79 Å². The molecule has 1 aromatic heterocycles. The van der Waals surface area contributed by atoms with Crippen molar-refractivity contribution in [1.29, 1.82) is 0 Å². The average molecular weight is 256 g/mol. The van der Waals surface area contributed by atoms with Crippen molar-refractivity contribution in [1.82, 2.24) is 0 Å². The van der Waals surface area contributed by atoms with E-state index in [0.717, 1.165) is 12.8 Å². The summed E-state index contributed by atoms with van der Waals surface area (Å²) < 4.78 is 1.95. The zero-order chi connectivity index (χ0) is 9.26. The van der Waals surface area contributed by atoms with Crippen molar-refractivity contribution < 1.29 is 26.3 Å². The second-order valence-electron chi connectivity index (χ2n) is 3.79. The van der Waals surface area contributed by atoms with Gasteiger partial charge in [0.2, 0.25) is 6.54 Å². The summed E-state index contributed by atoms with van der Waals surface area (Å²) in [5.41, 5.74) is 1.23. The van der Waals surface area contributed by atoms with Gasteiger partial charge in [0.15, 0.2) is 18.2 Å². The van der Waals surface area contributed by atoms with Crippen LogP contribution in [0.1, 0.15) is 18.4 Å². The molecule has 0 spiro atoms. The zero-order valence-electron chi connectivity index (χ0n) is 8.24. The molecule has 1 aliphatic carbocycles. The van der Waals surface area contributed by atoms with Gasteiger partial charge in [-0.1, -0.05) is 0 Å². The number of hydrogen-bond acceptors (Lipinski definition) is 1. The van der Waals surface area contributed by atoms with Crippen LogP contribution in [-0.4, -0.2) is 5.78 Å². The van der Waals surface area contributed by atoms with Crippen LogP contribution in [0.4, 0.5) is 0 Å². The summed E-state index contributed by atoms with van der Waals surface area (Å²) in [6, 6.07) is 4.06. The largest absolute Gasteiger partial charge is 1.00 e. The van der Waals surface area contributed by atoms with Crippen molar-refractivity contribution in [3.05, 3.63) is 30.1 Å². The second kappa shape index (κ2) is 4.69. The number of aromatic nitrogens is 1. The molecule has 1 heterocycles. The predicted octanol–water partition coefficient (Wildman–Crippen LogP) is -1.73. The molecule has 1 aromatic rings. The van der Waals surface area contributed by atoms with Gasteiger partial charge in [-0.25, -0.2) is 0 Å². The van der Waals surface area contributed by atoms with E-state index in [0.29, 0.717) is 18.2 Å². The summed E-state index contributed by atoms with van der Waals surface area (Å²) in [6.07, 6.45) is 6.14. The monoisotopic (exact) mass is 255 g/mol. The molecule has 0 bridgehead atoms. The van der Waals surface area contributed by atoms with Crippen molar-refractivity contribution in [2.24, 2.45) is 5.92 Å². The smallest absolute Gasteiger partial charge is 0.206 e. The van der Waals surface area contributed by atoms with Gasteiger partial charge in [0.25, 0.3) is 0 Å². The van der Waals surface area contributed by atoms with E-state index in [1.54, 1.807) is 0 Å². The maximum Gasteiger partial charge on any atom is 0.206 e. The van der Waals surface area contributed by atoms with Gasteiger partial charge in [-0.2, -0.15) is 4.57 Å². The van der Waals surface area contributed by atoms with Crippen LogP contribution in [0.25, 0.3) is 0 Å². The third-order valence-electron chi connectivity index (χ3n) is 2.43. The maximum atomic E-state index is 11.4. The molecule has 0 N–H and O–H groups in total. The molecular weight excluding hydrogens is 242 g/mol. The van der Waals surface area contributed by atoms with Gasteiger partial charge in [-0.15, -0.1) is 0 Å². The molecular formula is C11H14BrNO. The van der Waals surface area contributed by atoms with Gasteiger partial charge in [0, 0.05) is 18.1 Å². The number of hydrogen-bond donors (Lipinski definition) is 0. The topological polar surface area (TPSA) is 20.9 Å². The fourth-order valence-corrected chi connectivity index (χ4v) is 1.35. The second-order valence-corrected chi connectivity index (χ2v) is 3.79. The Labute approximate surface area is 94.7 Å². The van der Waals surface area contributed by atoms with Crippen LogP contribution in [0.5, 0.6) is 0 Å². The molecule has 3 heteroatoms. The van der Waals surface area contributed by atoms with E-state index < -0.39 is 0 Å². The molecule has 2 nitrogen and oxygen atoms in total. The number of rotatable bonds is 3. The van der Waals surface area contributed by atoms with Crippen LogP contribution in [0.15, 0.2) is 24.5 Å². The van der Waals surface area contributed by atoms with E-state index in [-0.39, 0.29) is 17.0 Å². The standard InChI is InChI=1S/C11H14NO.BrH/c1-9-4-6-12(7-5-9)8-11(13)10-2-3-10;/h4-7,10H,2-3,8H2,1H3;1H/q+1;/p-1. The summed E-state index contributed by atoms with van der Waals surface area (Å²) in [5, 5.41) is 0. The third kappa shape index (κ3) is 2.91. The lowest BCUT2D eigenvalue weighted by atomic mass is 10.2. The molecule has 1 fully saturated rings. The zero-order valence-corrected chi connectivity index (χ0v) is 9.83. The SMILES string of the molecule is Cc1cc[n+](CC(=O)C2CC2)cc1.[Br-]. The van der Waals surface area contributed by atoms with Crippen LogP contribution in [0, 0.1) is 12.8 Å². The van der Waals surface area contributed by atoms with Gasteiger partial charge in [0.1, 0.15) is 0 Å².